The molecule has 26 heavy (non-hydrogen) atoms. The molecule has 0 aromatic heterocycles. The smallest absolute Gasteiger partial charge is 0.347 e. The number of carbonyl (C=O) groups excluding carboxylic acids is 1. The topological polar surface area (TPSA) is 110 Å². The molecule has 0 aliphatic carbocycles. The Hall–Kier alpha value is -2.21. The van der Waals surface area contributed by atoms with Crippen LogP contribution in [0.15, 0.2) is 29.2 Å². The van der Waals surface area contributed by atoms with E-state index >= 15 is 0 Å². The molecule has 0 bridgehead atoms. The zero-order chi connectivity index (χ0) is 19.5. The van der Waals surface area contributed by atoms with E-state index in [9.17, 15) is 36.5 Å². The summed E-state index contributed by atoms with van der Waals surface area (Å²) in [4.78, 5) is 21.6. The molecular formula is C14H16F3N3O5S. The monoisotopic (exact) mass is 395 g/mol. The SMILES string of the molecule is O=C(NCC(F)(F)F)C1CCN(S(=O)(=O)c2ccc([N+](=O)[O-])cc2)CC1. The zero-order valence-electron chi connectivity index (χ0n) is 13.4. The molecule has 1 fully saturated rings. The van der Waals surface area contributed by atoms with Crippen LogP contribution in [0.2, 0.25) is 0 Å². The molecule has 0 radical (unpaired) electrons. The van der Waals surface area contributed by atoms with Gasteiger partial charge >= 0.3 is 6.18 Å². The Morgan fingerprint density at radius 2 is 1.77 bits per heavy atom. The number of nitro groups is 1. The van der Waals surface area contributed by atoms with Crippen LogP contribution in [0.3, 0.4) is 0 Å². The van der Waals surface area contributed by atoms with Gasteiger partial charge < -0.3 is 5.32 Å². The van der Waals surface area contributed by atoms with Gasteiger partial charge in [-0.05, 0) is 25.0 Å². The van der Waals surface area contributed by atoms with Gasteiger partial charge in [0.15, 0.2) is 0 Å². The Bertz CT molecular complexity index is 772. The van der Waals surface area contributed by atoms with E-state index in [-0.39, 0.29) is 36.5 Å². The third kappa shape index (κ3) is 4.91. The third-order valence-electron chi connectivity index (χ3n) is 3.97. The van der Waals surface area contributed by atoms with Crippen LogP contribution in [0.5, 0.6) is 0 Å². The van der Waals surface area contributed by atoms with Crippen molar-refractivity contribution in [2.75, 3.05) is 19.6 Å². The summed E-state index contributed by atoms with van der Waals surface area (Å²) in [5.41, 5.74) is -0.246. The molecule has 1 amide bonds. The number of piperidine rings is 1. The number of alkyl halides is 3. The number of rotatable bonds is 5. The molecule has 0 atom stereocenters. The number of hydrogen-bond acceptors (Lipinski definition) is 5. The first kappa shape index (κ1) is 20.1. The quantitative estimate of drug-likeness (QED) is 0.603. The molecule has 0 spiro atoms. The number of nitro benzene ring substituents is 1. The molecule has 1 heterocycles. The highest BCUT2D eigenvalue weighted by Crippen LogP contribution is 2.25. The molecular weight excluding hydrogens is 379 g/mol. The number of carbonyl (C=O) groups is 1. The minimum absolute atomic E-state index is 0.0244. The Labute approximate surface area is 147 Å². The normalized spacial score (nSPS) is 17.0. The number of benzene rings is 1. The van der Waals surface area contributed by atoms with E-state index in [0.717, 1.165) is 28.6 Å². The highest BCUT2D eigenvalue weighted by atomic mass is 32.2. The third-order valence-corrected chi connectivity index (χ3v) is 5.89. The van der Waals surface area contributed by atoms with Crippen LogP contribution < -0.4 is 5.32 Å². The molecule has 12 heteroatoms. The van der Waals surface area contributed by atoms with Gasteiger partial charge in [-0.3, -0.25) is 14.9 Å². The van der Waals surface area contributed by atoms with Crippen molar-refractivity contribution < 1.29 is 31.3 Å². The van der Waals surface area contributed by atoms with Gasteiger partial charge in [0.1, 0.15) is 6.54 Å². The number of nitrogens with one attached hydrogen (secondary N) is 1. The van der Waals surface area contributed by atoms with E-state index in [0.29, 0.717) is 0 Å². The van der Waals surface area contributed by atoms with E-state index in [4.69, 9.17) is 0 Å². The maximum atomic E-state index is 12.5. The zero-order valence-corrected chi connectivity index (χ0v) is 14.2. The van der Waals surface area contributed by atoms with E-state index in [1.54, 1.807) is 5.32 Å². The number of non-ortho nitro benzene ring substituents is 1. The Morgan fingerprint density at radius 3 is 2.23 bits per heavy atom. The van der Waals surface area contributed by atoms with Gasteiger partial charge in [0.25, 0.3) is 5.69 Å². The first-order valence-electron chi connectivity index (χ1n) is 7.60. The molecule has 1 saturated heterocycles. The minimum Gasteiger partial charge on any atom is -0.347 e. The van der Waals surface area contributed by atoms with Gasteiger partial charge in [-0.1, -0.05) is 0 Å². The molecule has 1 N–H and O–H groups in total. The number of halogens is 3. The van der Waals surface area contributed by atoms with Crippen molar-refractivity contribution in [3.8, 4) is 0 Å². The highest BCUT2D eigenvalue weighted by Gasteiger charge is 2.34. The van der Waals surface area contributed by atoms with Gasteiger partial charge in [0.2, 0.25) is 15.9 Å². The first-order chi connectivity index (χ1) is 12.0. The molecule has 1 aromatic carbocycles. The molecule has 0 unspecified atom stereocenters. The summed E-state index contributed by atoms with van der Waals surface area (Å²) in [6, 6.07) is 4.39. The van der Waals surface area contributed by atoms with Crippen molar-refractivity contribution in [3.63, 3.8) is 0 Å². The van der Waals surface area contributed by atoms with Crippen molar-refractivity contribution in [2.24, 2.45) is 5.92 Å². The molecule has 0 saturated carbocycles. The summed E-state index contributed by atoms with van der Waals surface area (Å²) in [6.45, 7) is -1.47. The lowest BCUT2D eigenvalue weighted by Gasteiger charge is -2.30. The largest absolute Gasteiger partial charge is 0.405 e. The first-order valence-corrected chi connectivity index (χ1v) is 9.04. The summed E-state index contributed by atoms with van der Waals surface area (Å²) >= 11 is 0. The fraction of sp³-hybridized carbons (Fsp3) is 0.500. The summed E-state index contributed by atoms with van der Waals surface area (Å²) in [5, 5.41) is 12.4. The Kier molecular flexibility index (Phi) is 5.86. The maximum Gasteiger partial charge on any atom is 0.405 e. The van der Waals surface area contributed by atoms with Crippen LogP contribution in [-0.2, 0) is 14.8 Å². The van der Waals surface area contributed by atoms with Crippen molar-refractivity contribution in [2.45, 2.75) is 23.9 Å². The molecule has 8 nitrogen and oxygen atoms in total. The van der Waals surface area contributed by atoms with E-state index in [1.165, 1.54) is 0 Å². The second kappa shape index (κ2) is 7.58. The summed E-state index contributed by atoms with van der Waals surface area (Å²) in [7, 11) is -3.89. The van der Waals surface area contributed by atoms with Crippen LogP contribution >= 0.6 is 0 Å². The molecule has 1 aliphatic heterocycles. The van der Waals surface area contributed by atoms with E-state index in [2.05, 4.69) is 0 Å². The molecule has 1 aliphatic rings. The van der Waals surface area contributed by atoms with Gasteiger partial charge in [0.05, 0.1) is 9.82 Å². The van der Waals surface area contributed by atoms with Crippen molar-refractivity contribution >= 4 is 21.6 Å². The van der Waals surface area contributed by atoms with Crippen LogP contribution in [0.25, 0.3) is 0 Å². The average Bonchev–Trinajstić information content (AvgIpc) is 2.59. The lowest BCUT2D eigenvalue weighted by Crippen LogP contribution is -2.44. The number of nitrogens with zero attached hydrogens (tertiary/aromatic N) is 2. The highest BCUT2D eigenvalue weighted by molar-refractivity contribution is 7.89. The molecule has 144 valence electrons. The van der Waals surface area contributed by atoms with Gasteiger partial charge in [-0.15, -0.1) is 0 Å². The second-order valence-corrected chi connectivity index (χ2v) is 7.70. The van der Waals surface area contributed by atoms with Gasteiger partial charge in [-0.2, -0.15) is 17.5 Å². The second-order valence-electron chi connectivity index (χ2n) is 5.76. The van der Waals surface area contributed by atoms with Crippen molar-refractivity contribution in [1.82, 2.24) is 9.62 Å². The minimum atomic E-state index is -4.50. The van der Waals surface area contributed by atoms with Crippen molar-refractivity contribution in [3.05, 3.63) is 34.4 Å². The summed E-state index contributed by atoms with van der Waals surface area (Å²) in [5.74, 6) is -1.45. The van der Waals surface area contributed by atoms with Crippen LogP contribution in [0, 0.1) is 16.0 Å². The maximum absolute atomic E-state index is 12.5. The Morgan fingerprint density at radius 1 is 1.23 bits per heavy atom. The Balaban J connectivity index is 1.97. The molecule has 1 aromatic rings. The lowest BCUT2D eigenvalue weighted by atomic mass is 9.97. The van der Waals surface area contributed by atoms with E-state index in [1.807, 2.05) is 0 Å². The van der Waals surface area contributed by atoms with E-state index < -0.39 is 39.5 Å². The number of amides is 1. The summed E-state index contributed by atoms with van der Waals surface area (Å²) in [6.07, 6.45) is -4.32. The van der Waals surface area contributed by atoms with Gasteiger partial charge in [-0.25, -0.2) is 8.42 Å². The average molecular weight is 395 g/mol. The predicted molar refractivity (Wildman–Crippen MR) is 83.6 cm³/mol. The van der Waals surface area contributed by atoms with Gasteiger partial charge in [0, 0.05) is 31.1 Å². The number of hydrogen-bond donors (Lipinski definition) is 1. The van der Waals surface area contributed by atoms with Crippen LogP contribution in [-0.4, -0.2) is 49.4 Å². The van der Waals surface area contributed by atoms with Crippen LogP contribution in [0.4, 0.5) is 18.9 Å². The standard InChI is InChI=1S/C14H16F3N3O5S/c15-14(16,17)9-18-13(21)10-5-7-19(8-6-10)26(24,25)12-3-1-11(2-4-12)20(22)23/h1-4,10H,5-9H2,(H,18,21). The number of sulfonamides is 1. The summed E-state index contributed by atoms with van der Waals surface area (Å²) < 4.78 is 62.5. The fourth-order valence-corrected chi connectivity index (χ4v) is 4.05. The molecule has 2 rings (SSSR count). The predicted octanol–water partition coefficient (Wildman–Crippen LogP) is 1.67. The van der Waals surface area contributed by atoms with Crippen molar-refractivity contribution in [1.29, 1.82) is 0 Å². The lowest BCUT2D eigenvalue weighted by molar-refractivity contribution is -0.384. The fourth-order valence-electron chi connectivity index (χ4n) is 2.58. The van der Waals surface area contributed by atoms with Crippen LogP contribution in [0.1, 0.15) is 12.8 Å².